The van der Waals surface area contributed by atoms with Crippen LogP contribution in [0, 0.1) is 0 Å². The summed E-state index contributed by atoms with van der Waals surface area (Å²) in [5, 5.41) is 5.14. The molecule has 20 heavy (non-hydrogen) atoms. The lowest BCUT2D eigenvalue weighted by atomic mass is 10.2. The molecule has 0 unspecified atom stereocenters. The Morgan fingerprint density at radius 1 is 1.10 bits per heavy atom. The number of hydrazone groups is 1. The molecule has 3 aromatic rings. The average molecular weight is 307 g/mol. The number of benzene rings is 1. The monoisotopic (exact) mass is 306 g/mol. The standard InChI is InChI=1S/C12H8Cl2N6/c13-10-17-11(14)19-12(18-10)20-16-6-7-5-15-9-4-2-1-3-8(7)9/h1-6,15H,(H,17,18,19,20)/b16-6+. The van der Waals surface area contributed by atoms with Crippen LogP contribution in [-0.2, 0) is 0 Å². The molecule has 6 nitrogen and oxygen atoms in total. The van der Waals surface area contributed by atoms with Crippen LogP contribution in [0.4, 0.5) is 5.95 Å². The Bertz CT molecular complexity index is 762. The number of nitrogens with one attached hydrogen (secondary N) is 2. The molecule has 0 aliphatic rings. The lowest BCUT2D eigenvalue weighted by Crippen LogP contribution is -1.99. The van der Waals surface area contributed by atoms with Crippen LogP contribution in [0.15, 0.2) is 35.6 Å². The Hall–Kier alpha value is -2.18. The molecule has 0 saturated carbocycles. The highest BCUT2D eigenvalue weighted by molar-refractivity contribution is 6.31. The lowest BCUT2D eigenvalue weighted by Gasteiger charge is -1.98. The number of H-pyrrole nitrogens is 1. The molecule has 0 aliphatic carbocycles. The fourth-order valence-electron chi connectivity index (χ4n) is 1.74. The number of anilines is 1. The van der Waals surface area contributed by atoms with Crippen molar-refractivity contribution in [2.75, 3.05) is 5.43 Å². The number of fused-ring (bicyclic) bond motifs is 1. The summed E-state index contributed by atoms with van der Waals surface area (Å²) in [5.74, 6) is 0.186. The third kappa shape index (κ3) is 2.71. The van der Waals surface area contributed by atoms with Crippen molar-refractivity contribution in [3.05, 3.63) is 46.6 Å². The van der Waals surface area contributed by atoms with E-state index in [4.69, 9.17) is 23.2 Å². The van der Waals surface area contributed by atoms with Crippen LogP contribution in [0.25, 0.3) is 10.9 Å². The maximum absolute atomic E-state index is 5.66. The molecule has 1 aromatic carbocycles. The zero-order chi connectivity index (χ0) is 13.9. The van der Waals surface area contributed by atoms with Gasteiger partial charge in [0.25, 0.3) is 0 Å². The molecule has 2 aromatic heterocycles. The van der Waals surface area contributed by atoms with Gasteiger partial charge in [-0.25, -0.2) is 5.43 Å². The second-order valence-electron chi connectivity index (χ2n) is 3.86. The van der Waals surface area contributed by atoms with Gasteiger partial charge in [-0.1, -0.05) is 18.2 Å². The number of hydrogen-bond acceptors (Lipinski definition) is 5. The van der Waals surface area contributed by atoms with E-state index in [2.05, 4.69) is 30.5 Å². The largest absolute Gasteiger partial charge is 0.361 e. The highest BCUT2D eigenvalue weighted by atomic mass is 35.5. The molecule has 100 valence electrons. The topological polar surface area (TPSA) is 78.9 Å². The number of para-hydroxylation sites is 1. The van der Waals surface area contributed by atoms with Gasteiger partial charge in [0.15, 0.2) is 0 Å². The number of aromatic amines is 1. The van der Waals surface area contributed by atoms with Crippen molar-refractivity contribution in [3.63, 3.8) is 0 Å². The van der Waals surface area contributed by atoms with Gasteiger partial charge in [-0.15, -0.1) is 0 Å². The first-order valence-electron chi connectivity index (χ1n) is 5.64. The third-order valence-corrected chi connectivity index (χ3v) is 2.91. The Kier molecular flexibility index (Phi) is 3.49. The van der Waals surface area contributed by atoms with Gasteiger partial charge >= 0.3 is 0 Å². The molecule has 2 N–H and O–H groups in total. The van der Waals surface area contributed by atoms with Crippen LogP contribution in [0.2, 0.25) is 10.6 Å². The van der Waals surface area contributed by atoms with Gasteiger partial charge in [-0.05, 0) is 29.3 Å². The quantitative estimate of drug-likeness (QED) is 0.575. The van der Waals surface area contributed by atoms with E-state index in [9.17, 15) is 0 Å². The van der Waals surface area contributed by atoms with Crippen LogP contribution in [0.3, 0.4) is 0 Å². The predicted molar refractivity (Wildman–Crippen MR) is 79.4 cm³/mol. The average Bonchev–Trinajstić information content (AvgIpc) is 2.81. The van der Waals surface area contributed by atoms with Crippen molar-refractivity contribution >= 4 is 46.3 Å². The molecule has 0 spiro atoms. The number of halogens is 2. The van der Waals surface area contributed by atoms with Gasteiger partial charge in [0.2, 0.25) is 16.5 Å². The molecule has 2 heterocycles. The normalized spacial score (nSPS) is 11.3. The summed E-state index contributed by atoms with van der Waals surface area (Å²) < 4.78 is 0. The summed E-state index contributed by atoms with van der Waals surface area (Å²) >= 11 is 11.3. The van der Waals surface area contributed by atoms with Crippen LogP contribution < -0.4 is 5.43 Å². The number of aromatic nitrogens is 4. The van der Waals surface area contributed by atoms with Crippen molar-refractivity contribution in [2.24, 2.45) is 5.10 Å². The van der Waals surface area contributed by atoms with Gasteiger partial charge in [0.05, 0.1) is 6.21 Å². The predicted octanol–water partition coefficient (Wildman–Crippen LogP) is 3.11. The molecule has 0 fully saturated rings. The second kappa shape index (κ2) is 5.44. The van der Waals surface area contributed by atoms with Gasteiger partial charge in [-0.3, -0.25) is 0 Å². The molecule has 8 heteroatoms. The van der Waals surface area contributed by atoms with Crippen LogP contribution in [0.5, 0.6) is 0 Å². The van der Waals surface area contributed by atoms with Gasteiger partial charge < -0.3 is 4.98 Å². The third-order valence-electron chi connectivity index (χ3n) is 2.57. The Labute approximate surface area is 123 Å². The first kappa shape index (κ1) is 12.8. The van der Waals surface area contributed by atoms with Gasteiger partial charge in [0.1, 0.15) is 0 Å². The Balaban J connectivity index is 1.80. The fourth-order valence-corrected chi connectivity index (χ4v) is 2.10. The fraction of sp³-hybridized carbons (Fsp3) is 0. The zero-order valence-electron chi connectivity index (χ0n) is 10.0. The SMILES string of the molecule is Clc1nc(Cl)nc(N/N=C/c2c[nH]c3ccccc23)n1. The van der Waals surface area contributed by atoms with Crippen molar-refractivity contribution in [1.82, 2.24) is 19.9 Å². The summed E-state index contributed by atoms with van der Waals surface area (Å²) in [6.45, 7) is 0. The van der Waals surface area contributed by atoms with E-state index in [1.807, 2.05) is 30.5 Å². The highest BCUT2D eigenvalue weighted by Crippen LogP contribution is 2.16. The molecule has 0 aliphatic heterocycles. The van der Waals surface area contributed by atoms with E-state index >= 15 is 0 Å². The van der Waals surface area contributed by atoms with Crippen molar-refractivity contribution in [1.29, 1.82) is 0 Å². The van der Waals surface area contributed by atoms with E-state index in [0.717, 1.165) is 16.5 Å². The molecule has 0 amide bonds. The van der Waals surface area contributed by atoms with Gasteiger partial charge in [0, 0.05) is 22.7 Å². The van der Waals surface area contributed by atoms with E-state index in [0.29, 0.717) is 0 Å². The Morgan fingerprint density at radius 3 is 2.65 bits per heavy atom. The molecule has 0 saturated heterocycles. The van der Waals surface area contributed by atoms with Crippen molar-refractivity contribution in [2.45, 2.75) is 0 Å². The number of hydrogen-bond donors (Lipinski definition) is 2. The molecule has 0 bridgehead atoms. The maximum atomic E-state index is 5.66. The van der Waals surface area contributed by atoms with E-state index in [1.54, 1.807) is 6.21 Å². The second-order valence-corrected chi connectivity index (χ2v) is 4.53. The van der Waals surface area contributed by atoms with Crippen LogP contribution in [-0.4, -0.2) is 26.2 Å². The molecular weight excluding hydrogens is 299 g/mol. The van der Waals surface area contributed by atoms with Crippen molar-refractivity contribution < 1.29 is 0 Å². The summed E-state index contributed by atoms with van der Waals surface area (Å²) in [6.07, 6.45) is 3.52. The lowest BCUT2D eigenvalue weighted by molar-refractivity contribution is 1.03. The minimum Gasteiger partial charge on any atom is -0.361 e. The number of nitrogens with zero attached hydrogens (tertiary/aromatic N) is 4. The number of rotatable bonds is 3. The van der Waals surface area contributed by atoms with Crippen LogP contribution in [0.1, 0.15) is 5.56 Å². The van der Waals surface area contributed by atoms with E-state index in [1.165, 1.54) is 0 Å². The zero-order valence-corrected chi connectivity index (χ0v) is 11.5. The molecule has 0 radical (unpaired) electrons. The first-order chi connectivity index (χ1) is 9.72. The van der Waals surface area contributed by atoms with Crippen molar-refractivity contribution in [3.8, 4) is 0 Å². The maximum Gasteiger partial charge on any atom is 0.249 e. The molecular formula is C12H8Cl2N6. The minimum absolute atomic E-state index is 0.00907. The Morgan fingerprint density at radius 2 is 1.85 bits per heavy atom. The van der Waals surface area contributed by atoms with E-state index in [-0.39, 0.29) is 16.5 Å². The van der Waals surface area contributed by atoms with Gasteiger partial charge in [-0.2, -0.15) is 20.1 Å². The summed E-state index contributed by atoms with van der Waals surface area (Å²) in [4.78, 5) is 14.5. The summed E-state index contributed by atoms with van der Waals surface area (Å²) in [5.41, 5.74) is 4.64. The smallest absolute Gasteiger partial charge is 0.249 e. The van der Waals surface area contributed by atoms with Crippen LogP contribution >= 0.6 is 23.2 Å². The molecule has 3 rings (SSSR count). The summed E-state index contributed by atoms with van der Waals surface area (Å²) in [6, 6.07) is 7.93. The summed E-state index contributed by atoms with van der Waals surface area (Å²) in [7, 11) is 0. The first-order valence-corrected chi connectivity index (χ1v) is 6.40. The molecule has 0 atom stereocenters. The highest BCUT2D eigenvalue weighted by Gasteiger charge is 2.02. The minimum atomic E-state index is 0.00907. The van der Waals surface area contributed by atoms with E-state index < -0.39 is 0 Å².